The van der Waals surface area contributed by atoms with Crippen LogP contribution in [0.5, 0.6) is 0 Å². The molecular weight excluding hydrogens is 232 g/mol. The topological polar surface area (TPSA) is 38.5 Å². The lowest BCUT2D eigenvalue weighted by Crippen LogP contribution is -2.40. The molecule has 2 aliphatic rings. The van der Waals surface area contributed by atoms with Crippen LogP contribution in [0.3, 0.4) is 0 Å². The molecule has 0 aromatic rings. The Hall–Kier alpha value is -0.450. The van der Waals surface area contributed by atoms with Gasteiger partial charge in [-0.25, -0.2) is 0 Å². The van der Waals surface area contributed by atoms with E-state index in [2.05, 4.69) is 18.7 Å². The summed E-state index contributed by atoms with van der Waals surface area (Å²) >= 11 is 5.53. The van der Waals surface area contributed by atoms with Crippen molar-refractivity contribution >= 4 is 17.1 Å². The molecule has 2 rings (SSSR count). The molecule has 0 aromatic carbocycles. The zero-order valence-corrected chi connectivity index (χ0v) is 11.6. The van der Waals surface area contributed by atoms with Gasteiger partial charge in [0.05, 0.1) is 13.2 Å². The van der Waals surface area contributed by atoms with E-state index in [1.54, 1.807) is 0 Å². The molecule has 0 aromatic heterocycles. The minimum atomic E-state index is 0.232. The number of hydrogen-bond donors (Lipinski definition) is 1. The molecule has 1 aliphatic heterocycles. The van der Waals surface area contributed by atoms with E-state index in [0.717, 1.165) is 56.3 Å². The third-order valence-electron chi connectivity index (χ3n) is 3.52. The molecule has 0 atom stereocenters. The van der Waals surface area contributed by atoms with Crippen LogP contribution >= 0.6 is 12.2 Å². The second-order valence-corrected chi connectivity index (χ2v) is 6.33. The van der Waals surface area contributed by atoms with Gasteiger partial charge in [0.1, 0.15) is 0 Å². The van der Waals surface area contributed by atoms with Crippen LogP contribution in [0.15, 0.2) is 11.3 Å². The molecule has 0 saturated carbocycles. The Balaban J connectivity index is 2.06. The third kappa shape index (κ3) is 3.27. The highest BCUT2D eigenvalue weighted by molar-refractivity contribution is 7.80. The number of allylic oxidation sites excluding steroid dienone is 1. The molecule has 0 unspecified atom stereocenters. The summed E-state index contributed by atoms with van der Waals surface area (Å²) in [5.41, 5.74) is 8.64. The highest BCUT2D eigenvalue weighted by atomic mass is 32.1. The minimum absolute atomic E-state index is 0.232. The standard InChI is InChI=1S/C13H22N2OS/c1-13(2)7-11(14)10(12(17)8-13)9-15-3-5-16-6-4-15/h3-9,14H2,1-2H3. The molecule has 0 bridgehead atoms. The van der Waals surface area contributed by atoms with Gasteiger partial charge in [-0.1, -0.05) is 26.1 Å². The van der Waals surface area contributed by atoms with Gasteiger partial charge in [0.15, 0.2) is 0 Å². The number of nitrogens with zero attached hydrogens (tertiary/aromatic N) is 1. The van der Waals surface area contributed by atoms with E-state index in [9.17, 15) is 0 Å². The van der Waals surface area contributed by atoms with E-state index < -0.39 is 0 Å². The number of morpholine rings is 1. The van der Waals surface area contributed by atoms with Gasteiger partial charge in [-0.3, -0.25) is 4.90 Å². The lowest BCUT2D eigenvalue weighted by Gasteiger charge is -2.35. The van der Waals surface area contributed by atoms with Crippen LogP contribution in [-0.2, 0) is 4.74 Å². The maximum atomic E-state index is 6.20. The van der Waals surface area contributed by atoms with Gasteiger partial charge in [-0.15, -0.1) is 0 Å². The summed E-state index contributed by atoms with van der Waals surface area (Å²) in [6.07, 6.45) is 1.95. The van der Waals surface area contributed by atoms with Crippen LogP contribution in [0.1, 0.15) is 26.7 Å². The molecule has 1 heterocycles. The maximum Gasteiger partial charge on any atom is 0.0594 e. The predicted octanol–water partition coefficient (Wildman–Crippen LogP) is 1.72. The lowest BCUT2D eigenvalue weighted by atomic mass is 9.76. The molecule has 1 fully saturated rings. The van der Waals surface area contributed by atoms with Gasteiger partial charge in [0, 0.05) is 30.2 Å². The van der Waals surface area contributed by atoms with Gasteiger partial charge < -0.3 is 10.5 Å². The Morgan fingerprint density at radius 3 is 2.53 bits per heavy atom. The van der Waals surface area contributed by atoms with Crippen LogP contribution in [0.4, 0.5) is 0 Å². The van der Waals surface area contributed by atoms with Crippen molar-refractivity contribution < 1.29 is 4.74 Å². The predicted molar refractivity (Wildman–Crippen MR) is 74.1 cm³/mol. The van der Waals surface area contributed by atoms with Crippen molar-refractivity contribution in [3.8, 4) is 0 Å². The molecular formula is C13H22N2OS. The first kappa shape index (κ1) is 13.0. The highest BCUT2D eigenvalue weighted by Crippen LogP contribution is 2.35. The Bertz CT molecular complexity index is 343. The summed E-state index contributed by atoms with van der Waals surface area (Å²) in [7, 11) is 0. The van der Waals surface area contributed by atoms with Gasteiger partial charge in [-0.2, -0.15) is 0 Å². The van der Waals surface area contributed by atoms with Crippen molar-refractivity contribution in [3.63, 3.8) is 0 Å². The quantitative estimate of drug-likeness (QED) is 0.762. The smallest absolute Gasteiger partial charge is 0.0594 e. The third-order valence-corrected chi connectivity index (χ3v) is 3.91. The van der Waals surface area contributed by atoms with E-state index in [1.165, 1.54) is 5.57 Å². The molecule has 0 radical (unpaired) electrons. The van der Waals surface area contributed by atoms with E-state index in [-0.39, 0.29) is 5.41 Å². The number of thiocarbonyl (C=S) groups is 1. The maximum absolute atomic E-state index is 6.20. The fraction of sp³-hybridized carbons (Fsp3) is 0.769. The summed E-state index contributed by atoms with van der Waals surface area (Å²) < 4.78 is 5.35. The highest BCUT2D eigenvalue weighted by Gasteiger charge is 2.30. The van der Waals surface area contributed by atoms with E-state index in [0.29, 0.717) is 0 Å². The summed E-state index contributed by atoms with van der Waals surface area (Å²) in [5.74, 6) is 0. The van der Waals surface area contributed by atoms with Crippen molar-refractivity contribution in [1.29, 1.82) is 0 Å². The fourth-order valence-corrected chi connectivity index (χ4v) is 3.16. The van der Waals surface area contributed by atoms with Crippen LogP contribution < -0.4 is 5.73 Å². The van der Waals surface area contributed by atoms with Gasteiger partial charge >= 0.3 is 0 Å². The summed E-state index contributed by atoms with van der Waals surface area (Å²) in [6, 6.07) is 0. The number of nitrogens with two attached hydrogens (primary N) is 1. The van der Waals surface area contributed by atoms with E-state index in [4.69, 9.17) is 22.7 Å². The SMILES string of the molecule is CC1(C)CC(=S)C(CN2CCOCC2)=C(N)C1. The molecule has 3 nitrogen and oxygen atoms in total. The summed E-state index contributed by atoms with van der Waals surface area (Å²) in [6.45, 7) is 9.00. The second-order valence-electron chi connectivity index (χ2n) is 5.83. The Labute approximate surface area is 109 Å². The van der Waals surface area contributed by atoms with E-state index >= 15 is 0 Å². The Morgan fingerprint density at radius 2 is 1.94 bits per heavy atom. The number of rotatable bonds is 2. The van der Waals surface area contributed by atoms with Crippen LogP contribution in [0.2, 0.25) is 0 Å². The normalized spacial score (nSPS) is 26.4. The largest absolute Gasteiger partial charge is 0.402 e. The molecule has 0 amide bonds. The van der Waals surface area contributed by atoms with Crippen molar-refractivity contribution in [2.75, 3.05) is 32.8 Å². The molecule has 2 N–H and O–H groups in total. The van der Waals surface area contributed by atoms with Crippen LogP contribution in [0.25, 0.3) is 0 Å². The Kier molecular flexibility index (Phi) is 3.85. The lowest BCUT2D eigenvalue weighted by molar-refractivity contribution is 0.0425. The average Bonchev–Trinajstić information content (AvgIpc) is 2.24. The van der Waals surface area contributed by atoms with Gasteiger partial charge in [0.25, 0.3) is 0 Å². The first-order chi connectivity index (χ1) is 7.98. The molecule has 1 saturated heterocycles. The summed E-state index contributed by atoms with van der Waals surface area (Å²) in [4.78, 5) is 3.45. The first-order valence-electron chi connectivity index (χ1n) is 6.29. The molecule has 0 spiro atoms. The van der Waals surface area contributed by atoms with Gasteiger partial charge in [-0.05, 0) is 23.8 Å². The zero-order valence-electron chi connectivity index (χ0n) is 10.8. The Morgan fingerprint density at radius 1 is 1.29 bits per heavy atom. The number of hydrogen-bond acceptors (Lipinski definition) is 4. The second kappa shape index (κ2) is 5.04. The van der Waals surface area contributed by atoms with Crippen LogP contribution in [0, 0.1) is 5.41 Å². The molecule has 96 valence electrons. The van der Waals surface area contributed by atoms with Gasteiger partial charge in [0.2, 0.25) is 0 Å². The van der Waals surface area contributed by atoms with Crippen molar-refractivity contribution in [2.45, 2.75) is 26.7 Å². The van der Waals surface area contributed by atoms with Crippen LogP contribution in [-0.4, -0.2) is 42.6 Å². The first-order valence-corrected chi connectivity index (χ1v) is 6.69. The molecule has 17 heavy (non-hydrogen) atoms. The van der Waals surface area contributed by atoms with E-state index in [1.807, 2.05) is 0 Å². The molecule has 4 heteroatoms. The monoisotopic (exact) mass is 254 g/mol. The summed E-state index contributed by atoms with van der Waals surface area (Å²) in [5, 5.41) is 0. The van der Waals surface area contributed by atoms with Crippen molar-refractivity contribution in [1.82, 2.24) is 4.90 Å². The minimum Gasteiger partial charge on any atom is -0.402 e. The molecule has 1 aliphatic carbocycles. The van der Waals surface area contributed by atoms with Crippen molar-refractivity contribution in [3.05, 3.63) is 11.3 Å². The average molecular weight is 254 g/mol. The zero-order chi connectivity index (χ0) is 12.5. The number of ether oxygens (including phenoxy) is 1. The fourth-order valence-electron chi connectivity index (χ4n) is 2.58. The van der Waals surface area contributed by atoms with Crippen molar-refractivity contribution in [2.24, 2.45) is 11.1 Å².